The quantitative estimate of drug-likeness (QED) is 0.768. The van der Waals surface area contributed by atoms with E-state index in [9.17, 15) is 5.11 Å². The number of anilines is 1. The maximum absolute atomic E-state index is 9.97. The van der Waals surface area contributed by atoms with Gasteiger partial charge in [0.05, 0.1) is 21.7 Å². The van der Waals surface area contributed by atoms with E-state index in [2.05, 4.69) is 15.0 Å². The molecule has 5 nitrogen and oxygen atoms in total. The predicted molar refractivity (Wildman–Crippen MR) is 93.9 cm³/mol. The highest BCUT2D eigenvalue weighted by Crippen LogP contribution is 2.30. The number of benzene rings is 1. The summed E-state index contributed by atoms with van der Waals surface area (Å²) in [4.78, 5) is 14.1. The zero-order chi connectivity index (χ0) is 16.6. The van der Waals surface area contributed by atoms with Crippen LogP contribution in [0.5, 0.6) is 0 Å². The third-order valence-electron chi connectivity index (χ3n) is 3.50. The first-order valence-corrected chi connectivity index (χ1v) is 7.75. The van der Waals surface area contributed by atoms with Gasteiger partial charge in [-0.25, -0.2) is 9.97 Å². The molecule has 120 valence electrons. The van der Waals surface area contributed by atoms with Gasteiger partial charge in [0.15, 0.2) is 0 Å². The van der Waals surface area contributed by atoms with Crippen molar-refractivity contribution in [3.63, 3.8) is 0 Å². The molecule has 0 radical (unpaired) electrons. The minimum Gasteiger partial charge on any atom is -0.389 e. The molecular weight excluding hydrogens is 312 g/mol. The van der Waals surface area contributed by atoms with Crippen molar-refractivity contribution in [1.29, 1.82) is 0 Å². The third-order valence-corrected chi connectivity index (χ3v) is 3.80. The second-order valence-electron chi connectivity index (χ2n) is 6.29. The molecular formula is C17H19ClN4O. The molecule has 23 heavy (non-hydrogen) atoms. The summed E-state index contributed by atoms with van der Waals surface area (Å²) in [5.74, 6) is 1.43. The van der Waals surface area contributed by atoms with Gasteiger partial charge in [0, 0.05) is 25.4 Å². The fourth-order valence-corrected chi connectivity index (χ4v) is 2.75. The van der Waals surface area contributed by atoms with Crippen LogP contribution in [0.4, 0.5) is 5.82 Å². The highest BCUT2D eigenvalue weighted by molar-refractivity contribution is 6.33. The second kappa shape index (κ2) is 5.83. The van der Waals surface area contributed by atoms with Gasteiger partial charge in [0.2, 0.25) is 0 Å². The van der Waals surface area contributed by atoms with Gasteiger partial charge >= 0.3 is 0 Å². The summed E-state index contributed by atoms with van der Waals surface area (Å²) in [5, 5.41) is 10.5. The monoisotopic (exact) mass is 330 g/mol. The molecule has 2 aromatic heterocycles. The van der Waals surface area contributed by atoms with Crippen molar-refractivity contribution in [3.05, 3.63) is 41.6 Å². The molecule has 0 spiro atoms. The number of imidazole rings is 1. The van der Waals surface area contributed by atoms with Crippen LogP contribution >= 0.6 is 11.6 Å². The largest absolute Gasteiger partial charge is 0.389 e. The molecule has 3 rings (SSSR count). The lowest BCUT2D eigenvalue weighted by Gasteiger charge is -2.26. The van der Waals surface area contributed by atoms with Crippen LogP contribution in [0, 0.1) is 0 Å². The molecule has 6 heteroatoms. The zero-order valence-corrected chi connectivity index (χ0v) is 14.1. The lowest BCUT2D eigenvalue weighted by atomic mass is 10.1. The van der Waals surface area contributed by atoms with Crippen LogP contribution in [0.15, 0.2) is 36.5 Å². The number of nitrogens with one attached hydrogen (secondary N) is 1. The Morgan fingerprint density at radius 3 is 2.74 bits per heavy atom. The summed E-state index contributed by atoms with van der Waals surface area (Å²) in [7, 11) is 1.89. The number of hydrogen-bond donors (Lipinski definition) is 2. The highest BCUT2D eigenvalue weighted by Gasteiger charge is 2.18. The van der Waals surface area contributed by atoms with E-state index in [0.717, 1.165) is 22.4 Å². The topological polar surface area (TPSA) is 65.0 Å². The number of H-pyrrole nitrogens is 1. The molecule has 0 amide bonds. The van der Waals surface area contributed by atoms with Crippen LogP contribution in [-0.2, 0) is 0 Å². The second-order valence-corrected chi connectivity index (χ2v) is 6.70. The fourth-order valence-electron chi connectivity index (χ4n) is 2.56. The summed E-state index contributed by atoms with van der Waals surface area (Å²) in [6.45, 7) is 3.99. The zero-order valence-electron chi connectivity index (χ0n) is 13.3. The summed E-state index contributed by atoms with van der Waals surface area (Å²) in [5.41, 5.74) is 1.83. The van der Waals surface area contributed by atoms with E-state index in [-0.39, 0.29) is 0 Å². The number of nitrogens with zero attached hydrogens (tertiary/aromatic N) is 3. The molecule has 2 N–H and O–H groups in total. The van der Waals surface area contributed by atoms with Crippen LogP contribution in [0.1, 0.15) is 13.8 Å². The maximum atomic E-state index is 9.97. The Morgan fingerprint density at radius 1 is 1.30 bits per heavy atom. The van der Waals surface area contributed by atoms with E-state index >= 15 is 0 Å². The normalized spacial score (nSPS) is 11.9. The molecule has 0 aliphatic heterocycles. The van der Waals surface area contributed by atoms with Crippen molar-refractivity contribution in [2.45, 2.75) is 19.4 Å². The molecule has 1 aromatic carbocycles. The van der Waals surface area contributed by atoms with Gasteiger partial charge in [-0.1, -0.05) is 23.7 Å². The van der Waals surface area contributed by atoms with E-state index in [1.807, 2.05) is 42.3 Å². The number of rotatable bonds is 4. The molecule has 0 atom stereocenters. The SMILES string of the molecule is CN(CC(C)(C)O)c1cc(-c2nc3ccccc3[nH]2)c(Cl)cn1. The predicted octanol–water partition coefficient (Wildman–Crippen LogP) is 3.49. The summed E-state index contributed by atoms with van der Waals surface area (Å²) < 4.78 is 0. The number of halogens is 1. The number of aromatic nitrogens is 3. The number of fused-ring (bicyclic) bond motifs is 1. The number of aromatic amines is 1. The van der Waals surface area contributed by atoms with E-state index in [0.29, 0.717) is 17.4 Å². The fraction of sp³-hybridized carbons (Fsp3) is 0.294. The first-order chi connectivity index (χ1) is 10.8. The van der Waals surface area contributed by atoms with Crippen LogP contribution in [0.3, 0.4) is 0 Å². The van der Waals surface area contributed by atoms with Crippen molar-refractivity contribution in [2.24, 2.45) is 0 Å². The number of pyridine rings is 1. The van der Waals surface area contributed by atoms with Crippen LogP contribution in [0.2, 0.25) is 5.02 Å². The van der Waals surface area contributed by atoms with Crippen molar-refractivity contribution in [1.82, 2.24) is 15.0 Å². The number of aliphatic hydroxyl groups is 1. The average Bonchev–Trinajstić information content (AvgIpc) is 2.89. The molecule has 0 saturated heterocycles. The van der Waals surface area contributed by atoms with Gasteiger partial charge < -0.3 is 15.0 Å². The summed E-state index contributed by atoms with van der Waals surface area (Å²) in [6.07, 6.45) is 1.61. The lowest BCUT2D eigenvalue weighted by molar-refractivity contribution is 0.0884. The molecule has 0 bridgehead atoms. The Labute approximate surface area is 140 Å². The molecule has 0 fully saturated rings. The van der Waals surface area contributed by atoms with Crippen LogP contribution in [-0.4, -0.2) is 39.3 Å². The van der Waals surface area contributed by atoms with Crippen molar-refractivity contribution >= 4 is 28.5 Å². The molecule has 2 heterocycles. The minimum atomic E-state index is -0.810. The number of hydrogen-bond acceptors (Lipinski definition) is 4. The minimum absolute atomic E-state index is 0.460. The molecule has 0 saturated carbocycles. The van der Waals surface area contributed by atoms with E-state index < -0.39 is 5.60 Å². The molecule has 3 aromatic rings. The van der Waals surface area contributed by atoms with Crippen molar-refractivity contribution < 1.29 is 5.11 Å². The molecule has 0 aliphatic rings. The first kappa shape index (κ1) is 15.8. The van der Waals surface area contributed by atoms with Gasteiger partial charge in [-0.05, 0) is 32.0 Å². The Hall–Kier alpha value is -2.11. The maximum Gasteiger partial charge on any atom is 0.140 e. The van der Waals surface area contributed by atoms with Gasteiger partial charge in [0.1, 0.15) is 11.6 Å². The third kappa shape index (κ3) is 3.46. The Kier molecular flexibility index (Phi) is 4.00. The number of likely N-dealkylation sites (N-methyl/N-ethyl adjacent to an activating group) is 1. The van der Waals surface area contributed by atoms with E-state index in [1.54, 1.807) is 20.0 Å². The Morgan fingerprint density at radius 2 is 2.04 bits per heavy atom. The standard InChI is InChI=1S/C17H19ClN4O/c1-17(2,23)10-22(3)15-8-11(12(18)9-19-15)16-20-13-6-4-5-7-14(13)21-16/h4-9,23H,10H2,1-3H3,(H,20,21). The lowest BCUT2D eigenvalue weighted by Crippen LogP contribution is -2.36. The summed E-state index contributed by atoms with van der Waals surface area (Å²) in [6, 6.07) is 9.71. The highest BCUT2D eigenvalue weighted by atomic mass is 35.5. The summed E-state index contributed by atoms with van der Waals surface area (Å²) >= 11 is 6.31. The Balaban J connectivity index is 2.00. The van der Waals surface area contributed by atoms with Crippen LogP contribution < -0.4 is 4.90 Å². The average molecular weight is 331 g/mol. The van der Waals surface area contributed by atoms with Crippen molar-refractivity contribution in [2.75, 3.05) is 18.5 Å². The first-order valence-electron chi connectivity index (χ1n) is 7.38. The Bertz CT molecular complexity index is 805. The molecule has 0 unspecified atom stereocenters. The van der Waals surface area contributed by atoms with E-state index in [1.165, 1.54) is 0 Å². The number of para-hydroxylation sites is 2. The van der Waals surface area contributed by atoms with Crippen LogP contribution in [0.25, 0.3) is 22.4 Å². The van der Waals surface area contributed by atoms with Gasteiger partial charge in [-0.15, -0.1) is 0 Å². The van der Waals surface area contributed by atoms with Gasteiger partial charge in [-0.2, -0.15) is 0 Å². The van der Waals surface area contributed by atoms with Crippen molar-refractivity contribution in [3.8, 4) is 11.4 Å². The van der Waals surface area contributed by atoms with E-state index in [4.69, 9.17) is 11.6 Å². The smallest absolute Gasteiger partial charge is 0.140 e. The van der Waals surface area contributed by atoms with Gasteiger partial charge in [0.25, 0.3) is 0 Å². The van der Waals surface area contributed by atoms with Gasteiger partial charge in [-0.3, -0.25) is 0 Å². The molecule has 0 aliphatic carbocycles.